The second kappa shape index (κ2) is 4.37. The summed E-state index contributed by atoms with van der Waals surface area (Å²) in [5.74, 6) is -0.214. The van der Waals surface area contributed by atoms with Crippen LogP contribution in [0.2, 0.25) is 0 Å². The van der Waals surface area contributed by atoms with Crippen molar-refractivity contribution in [2.45, 2.75) is 39.5 Å². The molecule has 17 heavy (non-hydrogen) atoms. The second-order valence-electron chi connectivity index (χ2n) is 5.04. The fourth-order valence-electron chi connectivity index (χ4n) is 3.42. The molecule has 1 saturated carbocycles. The summed E-state index contributed by atoms with van der Waals surface area (Å²) in [5, 5.41) is 5.39. The Morgan fingerprint density at radius 3 is 2.41 bits per heavy atom. The van der Waals surface area contributed by atoms with Crippen molar-refractivity contribution in [3.8, 4) is 0 Å². The van der Waals surface area contributed by atoms with Gasteiger partial charge in [0.25, 0.3) is 0 Å². The van der Waals surface area contributed by atoms with Crippen molar-refractivity contribution < 1.29 is 9.59 Å². The Bertz CT molecular complexity index is 361. The van der Waals surface area contributed by atoms with Crippen molar-refractivity contribution >= 4 is 29.1 Å². The van der Waals surface area contributed by atoms with Crippen LogP contribution in [0.5, 0.6) is 0 Å². The zero-order valence-corrected chi connectivity index (χ0v) is 11.0. The number of amides is 2. The standard InChI is InChI=1S/C12H18N2O2S/c1-3-8-6-4-5-7(2)12(8)9(15)13-11(17)14-10(12)16/h7-8H,3-6H2,1-2H3,(H2,13,14,15,16,17). The highest BCUT2D eigenvalue weighted by Crippen LogP contribution is 2.48. The van der Waals surface area contributed by atoms with Crippen LogP contribution in [0.15, 0.2) is 0 Å². The quantitative estimate of drug-likeness (QED) is 0.548. The molecule has 2 rings (SSSR count). The van der Waals surface area contributed by atoms with Gasteiger partial charge >= 0.3 is 0 Å². The lowest BCUT2D eigenvalue weighted by molar-refractivity contribution is -0.155. The maximum absolute atomic E-state index is 12.3. The molecule has 0 radical (unpaired) electrons. The fourth-order valence-corrected chi connectivity index (χ4v) is 3.61. The van der Waals surface area contributed by atoms with Crippen LogP contribution >= 0.6 is 12.2 Å². The lowest BCUT2D eigenvalue weighted by Crippen LogP contribution is -2.67. The summed E-state index contributed by atoms with van der Waals surface area (Å²) in [6.07, 6.45) is 3.79. The number of carbonyl (C=O) groups is 2. The van der Waals surface area contributed by atoms with E-state index in [1.165, 1.54) is 0 Å². The molecule has 94 valence electrons. The van der Waals surface area contributed by atoms with E-state index in [0.29, 0.717) is 0 Å². The van der Waals surface area contributed by atoms with Gasteiger partial charge in [-0.1, -0.05) is 26.7 Å². The van der Waals surface area contributed by atoms with Gasteiger partial charge in [-0.15, -0.1) is 0 Å². The molecule has 2 amide bonds. The highest BCUT2D eigenvalue weighted by atomic mass is 32.1. The van der Waals surface area contributed by atoms with Crippen LogP contribution in [0.1, 0.15) is 39.5 Å². The van der Waals surface area contributed by atoms with Gasteiger partial charge in [-0.2, -0.15) is 0 Å². The van der Waals surface area contributed by atoms with Gasteiger partial charge in [-0.05, 0) is 36.9 Å². The monoisotopic (exact) mass is 254 g/mol. The number of hydrogen-bond acceptors (Lipinski definition) is 3. The molecule has 2 unspecified atom stereocenters. The number of nitrogens with one attached hydrogen (secondary N) is 2. The number of carbonyl (C=O) groups excluding carboxylic acids is 2. The first-order valence-corrected chi connectivity index (χ1v) is 6.61. The van der Waals surface area contributed by atoms with Gasteiger partial charge in [0.1, 0.15) is 5.41 Å². The van der Waals surface area contributed by atoms with E-state index in [0.717, 1.165) is 25.7 Å². The third kappa shape index (κ3) is 1.68. The highest BCUT2D eigenvalue weighted by molar-refractivity contribution is 7.80. The van der Waals surface area contributed by atoms with E-state index in [2.05, 4.69) is 10.6 Å². The maximum Gasteiger partial charge on any atom is 0.242 e. The Labute approximate surface area is 107 Å². The molecule has 2 atom stereocenters. The van der Waals surface area contributed by atoms with E-state index < -0.39 is 5.41 Å². The minimum Gasteiger partial charge on any atom is -0.302 e. The second-order valence-corrected chi connectivity index (χ2v) is 5.45. The average molecular weight is 254 g/mol. The molecule has 2 aliphatic rings. The zero-order chi connectivity index (χ0) is 12.6. The number of hydrogen-bond donors (Lipinski definition) is 2. The maximum atomic E-state index is 12.3. The van der Waals surface area contributed by atoms with Gasteiger partial charge in [0.15, 0.2) is 5.11 Å². The van der Waals surface area contributed by atoms with E-state index in [1.807, 2.05) is 13.8 Å². The van der Waals surface area contributed by atoms with Gasteiger partial charge in [-0.25, -0.2) is 0 Å². The van der Waals surface area contributed by atoms with Crippen LogP contribution in [0.3, 0.4) is 0 Å². The Hall–Kier alpha value is -0.970. The van der Waals surface area contributed by atoms with E-state index in [1.54, 1.807) is 0 Å². The molecule has 1 heterocycles. The van der Waals surface area contributed by atoms with Gasteiger partial charge in [0.05, 0.1) is 0 Å². The molecular weight excluding hydrogens is 236 g/mol. The molecule has 2 N–H and O–H groups in total. The van der Waals surface area contributed by atoms with Gasteiger partial charge in [0.2, 0.25) is 11.8 Å². The molecule has 0 aromatic heterocycles. The summed E-state index contributed by atoms with van der Waals surface area (Å²) in [7, 11) is 0. The lowest BCUT2D eigenvalue weighted by atomic mass is 9.58. The van der Waals surface area contributed by atoms with Crippen LogP contribution in [-0.2, 0) is 9.59 Å². The predicted molar refractivity (Wildman–Crippen MR) is 68.1 cm³/mol. The smallest absolute Gasteiger partial charge is 0.242 e. The molecule has 0 bridgehead atoms. The minimum atomic E-state index is -0.907. The van der Waals surface area contributed by atoms with Crippen molar-refractivity contribution in [2.75, 3.05) is 0 Å². The molecule has 0 aromatic carbocycles. The van der Waals surface area contributed by atoms with Crippen molar-refractivity contribution in [3.05, 3.63) is 0 Å². The van der Waals surface area contributed by atoms with Gasteiger partial charge < -0.3 is 10.6 Å². The van der Waals surface area contributed by atoms with Gasteiger partial charge in [0, 0.05) is 0 Å². The van der Waals surface area contributed by atoms with E-state index in [9.17, 15) is 9.59 Å². The Morgan fingerprint density at radius 2 is 1.88 bits per heavy atom. The molecule has 2 fully saturated rings. The largest absolute Gasteiger partial charge is 0.302 e. The third-order valence-corrected chi connectivity index (χ3v) is 4.51. The van der Waals surface area contributed by atoms with Gasteiger partial charge in [-0.3, -0.25) is 9.59 Å². The first-order chi connectivity index (χ1) is 8.03. The number of thiocarbonyl (C=S) groups is 1. The SMILES string of the molecule is CCC1CCCC(C)C12C(=O)NC(=S)NC2=O. The van der Waals surface area contributed by atoms with Crippen molar-refractivity contribution in [1.29, 1.82) is 0 Å². The molecular formula is C12H18N2O2S. The number of rotatable bonds is 1. The Morgan fingerprint density at radius 1 is 1.29 bits per heavy atom. The van der Waals surface area contributed by atoms with Crippen LogP contribution in [-0.4, -0.2) is 16.9 Å². The molecule has 4 nitrogen and oxygen atoms in total. The van der Waals surface area contributed by atoms with Crippen LogP contribution in [0.4, 0.5) is 0 Å². The van der Waals surface area contributed by atoms with E-state index in [-0.39, 0.29) is 28.8 Å². The average Bonchev–Trinajstić information content (AvgIpc) is 2.26. The summed E-state index contributed by atoms with van der Waals surface area (Å²) in [4.78, 5) is 24.6. The summed E-state index contributed by atoms with van der Waals surface area (Å²) in [5.41, 5.74) is -0.907. The van der Waals surface area contributed by atoms with Crippen LogP contribution in [0, 0.1) is 17.3 Å². The fraction of sp³-hybridized carbons (Fsp3) is 0.750. The van der Waals surface area contributed by atoms with Crippen LogP contribution in [0.25, 0.3) is 0 Å². The molecule has 1 saturated heterocycles. The van der Waals surface area contributed by atoms with E-state index >= 15 is 0 Å². The topological polar surface area (TPSA) is 58.2 Å². The molecule has 1 aliphatic carbocycles. The summed E-state index contributed by atoms with van der Waals surface area (Å²) >= 11 is 4.86. The summed E-state index contributed by atoms with van der Waals surface area (Å²) in [6, 6.07) is 0. The van der Waals surface area contributed by atoms with Crippen LogP contribution < -0.4 is 10.6 Å². The summed E-state index contributed by atoms with van der Waals surface area (Å²) < 4.78 is 0. The normalized spacial score (nSPS) is 32.2. The molecule has 1 aliphatic heterocycles. The first-order valence-electron chi connectivity index (χ1n) is 6.20. The molecule has 0 aromatic rings. The Balaban J connectivity index is 2.44. The Kier molecular flexibility index (Phi) is 3.21. The molecule has 5 heteroatoms. The molecule has 1 spiro atoms. The highest BCUT2D eigenvalue weighted by Gasteiger charge is 2.58. The summed E-state index contributed by atoms with van der Waals surface area (Å²) in [6.45, 7) is 4.04. The predicted octanol–water partition coefficient (Wildman–Crippen LogP) is 1.35. The third-order valence-electron chi connectivity index (χ3n) is 4.31. The van der Waals surface area contributed by atoms with Crippen molar-refractivity contribution in [3.63, 3.8) is 0 Å². The van der Waals surface area contributed by atoms with Crippen molar-refractivity contribution in [2.24, 2.45) is 17.3 Å². The lowest BCUT2D eigenvalue weighted by Gasteiger charge is -2.47. The van der Waals surface area contributed by atoms with E-state index in [4.69, 9.17) is 12.2 Å². The van der Waals surface area contributed by atoms with Crippen molar-refractivity contribution in [1.82, 2.24) is 10.6 Å². The first kappa shape index (κ1) is 12.5. The minimum absolute atomic E-state index is 0.0734. The zero-order valence-electron chi connectivity index (χ0n) is 10.2.